The van der Waals surface area contributed by atoms with Crippen LogP contribution in [0.2, 0.25) is 0 Å². The Morgan fingerprint density at radius 1 is 1.22 bits per heavy atom. The van der Waals surface area contributed by atoms with Gasteiger partial charge in [0.15, 0.2) is 0 Å². The second-order valence-electron chi connectivity index (χ2n) is 6.36. The van der Waals surface area contributed by atoms with Gasteiger partial charge in [-0.2, -0.15) is 0 Å². The average Bonchev–Trinajstić information content (AvgIpc) is 2.60. The zero-order valence-electron chi connectivity index (χ0n) is 14.4. The lowest BCUT2D eigenvalue weighted by atomic mass is 10.1. The van der Waals surface area contributed by atoms with Crippen molar-refractivity contribution in [2.45, 2.75) is 32.4 Å². The van der Waals surface area contributed by atoms with Gasteiger partial charge in [-0.3, -0.25) is 9.69 Å². The smallest absolute Gasteiger partial charge is 0.237 e. The SMILES string of the molecule is CCN1CCN(C(C)CNC(=O)C(N)Cc2ccccc2)CC1. The number of carbonyl (C=O) groups excluding carboxylic acids is 1. The van der Waals surface area contributed by atoms with Crippen molar-refractivity contribution >= 4 is 5.91 Å². The number of piperazine rings is 1. The highest BCUT2D eigenvalue weighted by Crippen LogP contribution is 2.06. The number of carbonyl (C=O) groups is 1. The third-order valence-corrected chi connectivity index (χ3v) is 4.68. The van der Waals surface area contributed by atoms with Crippen LogP contribution in [-0.4, -0.2) is 67.1 Å². The van der Waals surface area contributed by atoms with Gasteiger partial charge in [-0.25, -0.2) is 0 Å². The molecule has 0 radical (unpaired) electrons. The van der Waals surface area contributed by atoms with E-state index in [1.165, 1.54) is 0 Å². The van der Waals surface area contributed by atoms with Crippen LogP contribution in [0.15, 0.2) is 30.3 Å². The fourth-order valence-electron chi connectivity index (χ4n) is 2.99. The molecule has 0 saturated carbocycles. The highest BCUT2D eigenvalue weighted by molar-refractivity contribution is 5.81. The van der Waals surface area contributed by atoms with Crippen LogP contribution in [0, 0.1) is 0 Å². The minimum atomic E-state index is -0.485. The molecule has 0 aliphatic carbocycles. The van der Waals surface area contributed by atoms with Crippen molar-refractivity contribution in [3.05, 3.63) is 35.9 Å². The molecule has 2 unspecified atom stereocenters. The molecule has 1 amide bonds. The van der Waals surface area contributed by atoms with Crippen LogP contribution in [-0.2, 0) is 11.2 Å². The van der Waals surface area contributed by atoms with E-state index in [0.717, 1.165) is 38.3 Å². The van der Waals surface area contributed by atoms with E-state index in [0.29, 0.717) is 19.0 Å². The van der Waals surface area contributed by atoms with Crippen LogP contribution >= 0.6 is 0 Å². The molecule has 3 N–H and O–H groups in total. The number of hydrogen-bond donors (Lipinski definition) is 2. The standard InChI is InChI=1S/C18H30N4O/c1-3-21-9-11-22(12-10-21)15(2)14-20-18(23)17(19)13-16-7-5-4-6-8-16/h4-8,15,17H,3,9-14,19H2,1-2H3,(H,20,23). The summed E-state index contributed by atoms with van der Waals surface area (Å²) in [4.78, 5) is 17.1. The van der Waals surface area contributed by atoms with Crippen LogP contribution in [0.3, 0.4) is 0 Å². The van der Waals surface area contributed by atoms with E-state index in [9.17, 15) is 4.79 Å². The Morgan fingerprint density at radius 2 is 1.87 bits per heavy atom. The molecular weight excluding hydrogens is 288 g/mol. The molecular formula is C18H30N4O. The van der Waals surface area contributed by atoms with Gasteiger partial charge in [0.05, 0.1) is 6.04 Å². The summed E-state index contributed by atoms with van der Waals surface area (Å²) in [5.41, 5.74) is 7.11. The predicted octanol–water partition coefficient (Wildman–Crippen LogP) is 0.699. The largest absolute Gasteiger partial charge is 0.353 e. The van der Waals surface area contributed by atoms with Crippen molar-refractivity contribution in [3.8, 4) is 0 Å². The number of nitrogens with zero attached hydrogens (tertiary/aromatic N) is 2. The van der Waals surface area contributed by atoms with Gasteiger partial charge in [-0.1, -0.05) is 37.3 Å². The topological polar surface area (TPSA) is 61.6 Å². The first-order chi connectivity index (χ1) is 11.1. The zero-order valence-corrected chi connectivity index (χ0v) is 14.4. The predicted molar refractivity (Wildman–Crippen MR) is 94.3 cm³/mol. The molecule has 1 saturated heterocycles. The van der Waals surface area contributed by atoms with E-state index < -0.39 is 6.04 Å². The minimum Gasteiger partial charge on any atom is -0.353 e. The van der Waals surface area contributed by atoms with Crippen LogP contribution in [0.5, 0.6) is 0 Å². The Hall–Kier alpha value is -1.43. The number of likely N-dealkylation sites (N-methyl/N-ethyl adjacent to an activating group) is 1. The molecule has 1 aromatic rings. The van der Waals surface area contributed by atoms with Gasteiger partial charge >= 0.3 is 0 Å². The summed E-state index contributed by atoms with van der Waals surface area (Å²) in [5.74, 6) is -0.0621. The summed E-state index contributed by atoms with van der Waals surface area (Å²) in [6.45, 7) is 10.5. The molecule has 1 aliphatic rings. The van der Waals surface area contributed by atoms with E-state index in [4.69, 9.17) is 5.73 Å². The highest BCUT2D eigenvalue weighted by Gasteiger charge is 2.21. The molecule has 1 aromatic carbocycles. The fourth-order valence-corrected chi connectivity index (χ4v) is 2.99. The maximum absolute atomic E-state index is 12.2. The van der Waals surface area contributed by atoms with Gasteiger partial charge in [0.2, 0.25) is 5.91 Å². The zero-order chi connectivity index (χ0) is 16.7. The summed E-state index contributed by atoms with van der Waals surface area (Å²) in [6.07, 6.45) is 0.580. The molecule has 1 aliphatic heterocycles. The normalized spacial score (nSPS) is 19.3. The van der Waals surface area contributed by atoms with E-state index in [1.807, 2.05) is 30.3 Å². The third-order valence-electron chi connectivity index (χ3n) is 4.68. The Morgan fingerprint density at radius 3 is 2.48 bits per heavy atom. The molecule has 1 fully saturated rings. The summed E-state index contributed by atoms with van der Waals surface area (Å²) in [7, 11) is 0. The van der Waals surface area contributed by atoms with Crippen LogP contribution in [0.1, 0.15) is 19.4 Å². The Labute approximate surface area is 139 Å². The molecule has 0 bridgehead atoms. The first-order valence-electron chi connectivity index (χ1n) is 8.63. The molecule has 0 spiro atoms. The molecule has 2 rings (SSSR count). The van der Waals surface area contributed by atoms with E-state index in [2.05, 4.69) is 29.0 Å². The number of nitrogens with two attached hydrogens (primary N) is 1. The number of hydrogen-bond acceptors (Lipinski definition) is 4. The summed E-state index contributed by atoms with van der Waals surface area (Å²) in [5, 5.41) is 3.01. The average molecular weight is 318 g/mol. The third kappa shape index (κ3) is 5.61. The second kappa shape index (κ2) is 9.01. The number of rotatable bonds is 7. The molecule has 5 heteroatoms. The number of amides is 1. The van der Waals surface area contributed by atoms with Gasteiger partial charge in [0, 0.05) is 38.8 Å². The maximum atomic E-state index is 12.2. The van der Waals surface area contributed by atoms with Gasteiger partial charge < -0.3 is 16.0 Å². The lowest BCUT2D eigenvalue weighted by molar-refractivity contribution is -0.122. The van der Waals surface area contributed by atoms with Crippen molar-refractivity contribution < 1.29 is 4.79 Å². The van der Waals surface area contributed by atoms with Gasteiger partial charge in [0.1, 0.15) is 0 Å². The monoisotopic (exact) mass is 318 g/mol. The van der Waals surface area contributed by atoms with Gasteiger partial charge in [-0.05, 0) is 25.5 Å². The Balaban J connectivity index is 1.71. The molecule has 1 heterocycles. The van der Waals surface area contributed by atoms with E-state index in [-0.39, 0.29) is 5.91 Å². The van der Waals surface area contributed by atoms with Crippen molar-refractivity contribution in [3.63, 3.8) is 0 Å². The quantitative estimate of drug-likeness (QED) is 0.777. The Kier molecular flexibility index (Phi) is 7.02. The van der Waals surface area contributed by atoms with Crippen molar-refractivity contribution in [1.29, 1.82) is 0 Å². The van der Waals surface area contributed by atoms with Crippen molar-refractivity contribution in [2.75, 3.05) is 39.3 Å². The van der Waals surface area contributed by atoms with Crippen molar-refractivity contribution in [1.82, 2.24) is 15.1 Å². The lowest BCUT2D eigenvalue weighted by Gasteiger charge is -2.37. The maximum Gasteiger partial charge on any atom is 0.237 e. The summed E-state index contributed by atoms with van der Waals surface area (Å²) >= 11 is 0. The van der Waals surface area contributed by atoms with E-state index >= 15 is 0 Å². The van der Waals surface area contributed by atoms with Crippen LogP contribution in [0.25, 0.3) is 0 Å². The van der Waals surface area contributed by atoms with Gasteiger partial charge in [-0.15, -0.1) is 0 Å². The van der Waals surface area contributed by atoms with Crippen LogP contribution < -0.4 is 11.1 Å². The molecule has 2 atom stereocenters. The first-order valence-corrected chi connectivity index (χ1v) is 8.63. The number of benzene rings is 1. The molecule has 5 nitrogen and oxygen atoms in total. The minimum absolute atomic E-state index is 0.0621. The number of nitrogens with one attached hydrogen (secondary N) is 1. The molecule has 128 valence electrons. The summed E-state index contributed by atoms with van der Waals surface area (Å²) < 4.78 is 0. The fraction of sp³-hybridized carbons (Fsp3) is 0.611. The second-order valence-corrected chi connectivity index (χ2v) is 6.36. The van der Waals surface area contributed by atoms with Crippen LogP contribution in [0.4, 0.5) is 0 Å². The van der Waals surface area contributed by atoms with E-state index in [1.54, 1.807) is 0 Å². The van der Waals surface area contributed by atoms with Gasteiger partial charge in [0.25, 0.3) is 0 Å². The first kappa shape index (κ1) is 17.9. The lowest BCUT2D eigenvalue weighted by Crippen LogP contribution is -2.53. The molecule has 23 heavy (non-hydrogen) atoms. The summed E-state index contributed by atoms with van der Waals surface area (Å²) in [6, 6.07) is 9.78. The van der Waals surface area contributed by atoms with Crippen molar-refractivity contribution in [2.24, 2.45) is 5.73 Å². The Bertz CT molecular complexity index is 471. The highest BCUT2D eigenvalue weighted by atomic mass is 16.2. The molecule has 0 aromatic heterocycles.